The number of amides is 2. The molecule has 0 radical (unpaired) electrons. The van der Waals surface area contributed by atoms with Crippen LogP contribution in [0.15, 0.2) is 0 Å². The quantitative estimate of drug-likeness (QED) is 0.553. The van der Waals surface area contributed by atoms with Crippen molar-refractivity contribution < 1.29 is 9.59 Å². The van der Waals surface area contributed by atoms with Crippen LogP contribution in [0.1, 0.15) is 27.7 Å². The van der Waals surface area contributed by atoms with Crippen LogP contribution in [0.3, 0.4) is 0 Å². The monoisotopic (exact) mass is 201 g/mol. The molecule has 5 heteroatoms. The maximum atomic E-state index is 11.2. The zero-order valence-electron chi connectivity index (χ0n) is 9.18. The molecule has 82 valence electrons. The van der Waals surface area contributed by atoms with Crippen LogP contribution >= 0.6 is 0 Å². The smallest absolute Gasteiger partial charge is 0.237 e. The zero-order valence-corrected chi connectivity index (χ0v) is 9.18. The molecular formula is C9H19N3O2. The van der Waals surface area contributed by atoms with Gasteiger partial charge in [-0.2, -0.15) is 0 Å². The van der Waals surface area contributed by atoms with E-state index in [1.54, 1.807) is 13.8 Å². The first-order chi connectivity index (χ1) is 6.25. The van der Waals surface area contributed by atoms with E-state index in [1.807, 2.05) is 13.8 Å². The first kappa shape index (κ1) is 12.9. The second-order valence-corrected chi connectivity index (χ2v) is 4.07. The van der Waals surface area contributed by atoms with Gasteiger partial charge in [0.25, 0.3) is 0 Å². The number of primary amides is 1. The Morgan fingerprint density at radius 1 is 1.36 bits per heavy atom. The SMILES string of the molecule is CC(C)NC(=O)CNC(C)(C)C(N)=O. The van der Waals surface area contributed by atoms with Gasteiger partial charge in [-0.25, -0.2) is 0 Å². The van der Waals surface area contributed by atoms with Crippen molar-refractivity contribution in [3.05, 3.63) is 0 Å². The molecule has 0 spiro atoms. The summed E-state index contributed by atoms with van der Waals surface area (Å²) in [5, 5.41) is 5.48. The molecule has 0 aromatic heterocycles. The molecule has 0 rings (SSSR count). The molecule has 0 saturated carbocycles. The van der Waals surface area contributed by atoms with Crippen LogP contribution in [0.25, 0.3) is 0 Å². The van der Waals surface area contributed by atoms with Gasteiger partial charge in [0.05, 0.1) is 12.1 Å². The Balaban J connectivity index is 3.94. The number of carbonyl (C=O) groups excluding carboxylic acids is 2. The second kappa shape index (κ2) is 4.95. The molecule has 0 bridgehead atoms. The van der Waals surface area contributed by atoms with E-state index in [-0.39, 0.29) is 18.5 Å². The molecule has 0 aliphatic carbocycles. The van der Waals surface area contributed by atoms with Crippen molar-refractivity contribution in [2.45, 2.75) is 39.3 Å². The highest BCUT2D eigenvalue weighted by atomic mass is 16.2. The molecule has 0 aromatic carbocycles. The summed E-state index contributed by atoms with van der Waals surface area (Å²) in [5.74, 6) is -0.621. The lowest BCUT2D eigenvalue weighted by Crippen LogP contribution is -2.53. The summed E-state index contributed by atoms with van der Waals surface area (Å²) in [6.07, 6.45) is 0. The topological polar surface area (TPSA) is 84.2 Å². The standard InChI is InChI=1S/C9H19N3O2/c1-6(2)12-7(13)5-11-9(3,4)8(10)14/h6,11H,5H2,1-4H3,(H2,10,14)(H,12,13). The van der Waals surface area contributed by atoms with Crippen molar-refractivity contribution in [3.8, 4) is 0 Å². The highest BCUT2D eigenvalue weighted by molar-refractivity contribution is 5.85. The Kier molecular flexibility index (Phi) is 4.56. The van der Waals surface area contributed by atoms with Crippen LogP contribution in [0.2, 0.25) is 0 Å². The van der Waals surface area contributed by atoms with Gasteiger partial charge in [-0.3, -0.25) is 14.9 Å². The Morgan fingerprint density at radius 3 is 2.21 bits per heavy atom. The third-order valence-corrected chi connectivity index (χ3v) is 1.76. The number of rotatable bonds is 5. The van der Waals surface area contributed by atoms with Crippen molar-refractivity contribution in [2.75, 3.05) is 6.54 Å². The molecule has 0 heterocycles. The highest BCUT2D eigenvalue weighted by Crippen LogP contribution is 1.98. The largest absolute Gasteiger partial charge is 0.368 e. The van der Waals surface area contributed by atoms with E-state index < -0.39 is 11.4 Å². The minimum absolute atomic E-state index is 0.0914. The van der Waals surface area contributed by atoms with Gasteiger partial charge in [0, 0.05) is 6.04 Å². The van der Waals surface area contributed by atoms with E-state index in [0.29, 0.717) is 0 Å². The van der Waals surface area contributed by atoms with Crippen LogP contribution in [0.4, 0.5) is 0 Å². The maximum Gasteiger partial charge on any atom is 0.237 e. The fraction of sp³-hybridized carbons (Fsp3) is 0.778. The Hall–Kier alpha value is -1.10. The van der Waals surface area contributed by atoms with Crippen molar-refractivity contribution in [1.29, 1.82) is 0 Å². The van der Waals surface area contributed by atoms with Crippen LogP contribution in [-0.2, 0) is 9.59 Å². The molecule has 0 unspecified atom stereocenters. The molecule has 0 saturated heterocycles. The molecule has 0 aliphatic heterocycles. The fourth-order valence-electron chi connectivity index (χ4n) is 0.761. The van der Waals surface area contributed by atoms with E-state index in [1.165, 1.54) is 0 Å². The molecule has 0 aromatic rings. The molecule has 4 N–H and O–H groups in total. The first-order valence-electron chi connectivity index (χ1n) is 4.60. The number of hydrogen-bond acceptors (Lipinski definition) is 3. The summed E-state index contributed by atoms with van der Waals surface area (Å²) in [7, 11) is 0. The number of nitrogens with one attached hydrogen (secondary N) is 2. The lowest BCUT2D eigenvalue weighted by molar-refractivity contribution is -0.124. The predicted molar refractivity (Wildman–Crippen MR) is 54.6 cm³/mol. The van der Waals surface area contributed by atoms with Gasteiger partial charge in [0.15, 0.2) is 0 Å². The van der Waals surface area contributed by atoms with Crippen LogP contribution < -0.4 is 16.4 Å². The summed E-state index contributed by atoms with van der Waals surface area (Å²) in [6.45, 7) is 7.11. The third-order valence-electron chi connectivity index (χ3n) is 1.76. The van der Waals surface area contributed by atoms with Gasteiger partial charge in [0.2, 0.25) is 11.8 Å². The summed E-state index contributed by atoms with van der Waals surface area (Å²) >= 11 is 0. The lowest BCUT2D eigenvalue weighted by Gasteiger charge is -2.22. The van der Waals surface area contributed by atoms with Gasteiger partial charge in [0.1, 0.15) is 0 Å². The normalized spacial score (nSPS) is 11.5. The fourth-order valence-corrected chi connectivity index (χ4v) is 0.761. The van der Waals surface area contributed by atoms with Gasteiger partial charge in [-0.1, -0.05) is 0 Å². The van der Waals surface area contributed by atoms with Gasteiger partial charge < -0.3 is 11.1 Å². The van der Waals surface area contributed by atoms with E-state index in [9.17, 15) is 9.59 Å². The third kappa shape index (κ3) is 4.81. The van der Waals surface area contributed by atoms with Crippen LogP contribution in [-0.4, -0.2) is 29.9 Å². The van der Waals surface area contributed by atoms with Crippen molar-refractivity contribution in [1.82, 2.24) is 10.6 Å². The minimum atomic E-state index is -0.853. The molecule has 5 nitrogen and oxygen atoms in total. The molecular weight excluding hydrogens is 182 g/mol. The van der Waals surface area contributed by atoms with E-state index in [2.05, 4.69) is 10.6 Å². The van der Waals surface area contributed by atoms with E-state index in [0.717, 1.165) is 0 Å². The van der Waals surface area contributed by atoms with Crippen molar-refractivity contribution in [2.24, 2.45) is 5.73 Å². The maximum absolute atomic E-state index is 11.2. The number of hydrogen-bond donors (Lipinski definition) is 3. The van der Waals surface area contributed by atoms with E-state index in [4.69, 9.17) is 5.73 Å². The van der Waals surface area contributed by atoms with Crippen LogP contribution in [0.5, 0.6) is 0 Å². The Bertz CT molecular complexity index is 224. The lowest BCUT2D eigenvalue weighted by atomic mass is 10.1. The Morgan fingerprint density at radius 2 is 1.86 bits per heavy atom. The molecule has 0 fully saturated rings. The second-order valence-electron chi connectivity index (χ2n) is 4.07. The van der Waals surface area contributed by atoms with Crippen molar-refractivity contribution >= 4 is 11.8 Å². The van der Waals surface area contributed by atoms with E-state index >= 15 is 0 Å². The number of carbonyl (C=O) groups is 2. The Labute approximate surface area is 84.4 Å². The average molecular weight is 201 g/mol. The highest BCUT2D eigenvalue weighted by Gasteiger charge is 2.24. The molecule has 2 amide bonds. The minimum Gasteiger partial charge on any atom is -0.368 e. The average Bonchev–Trinajstić information content (AvgIpc) is 1.99. The summed E-state index contributed by atoms with van der Waals surface area (Å²) in [6, 6.07) is 0.0981. The summed E-state index contributed by atoms with van der Waals surface area (Å²) in [4.78, 5) is 22.1. The summed E-state index contributed by atoms with van der Waals surface area (Å²) < 4.78 is 0. The van der Waals surface area contributed by atoms with Crippen molar-refractivity contribution in [3.63, 3.8) is 0 Å². The number of nitrogens with two attached hydrogens (primary N) is 1. The molecule has 0 atom stereocenters. The van der Waals surface area contributed by atoms with Gasteiger partial charge in [-0.15, -0.1) is 0 Å². The first-order valence-corrected chi connectivity index (χ1v) is 4.60. The van der Waals surface area contributed by atoms with Crippen LogP contribution in [0, 0.1) is 0 Å². The van der Waals surface area contributed by atoms with Gasteiger partial charge >= 0.3 is 0 Å². The zero-order chi connectivity index (χ0) is 11.4. The molecule has 0 aliphatic rings. The predicted octanol–water partition coefficient (Wildman–Crippen LogP) is -0.635. The summed E-state index contributed by atoms with van der Waals surface area (Å²) in [5.41, 5.74) is 4.27. The molecule has 14 heavy (non-hydrogen) atoms. The van der Waals surface area contributed by atoms with Gasteiger partial charge in [-0.05, 0) is 27.7 Å².